The number of benzene rings is 6. The molecule has 0 amide bonds. The van der Waals surface area contributed by atoms with E-state index >= 15 is 0 Å². The summed E-state index contributed by atoms with van der Waals surface area (Å²) in [6.45, 7) is 1.18. The van der Waals surface area contributed by atoms with Gasteiger partial charge in [-0.3, -0.25) is 0 Å². The van der Waals surface area contributed by atoms with Crippen LogP contribution in [0.25, 0.3) is 0 Å². The minimum Gasteiger partial charge on any atom is -0.493 e. The molecular formula is C41H42N4O4. The van der Waals surface area contributed by atoms with Gasteiger partial charge in [0.2, 0.25) is 0 Å². The van der Waals surface area contributed by atoms with Crippen LogP contribution >= 0.6 is 0 Å². The number of ether oxygens (including phenoxy) is 4. The van der Waals surface area contributed by atoms with Gasteiger partial charge >= 0.3 is 0 Å². The molecule has 8 N–H and O–H groups in total. The summed E-state index contributed by atoms with van der Waals surface area (Å²) in [5, 5.41) is 0. The molecule has 0 unspecified atom stereocenters. The highest BCUT2D eigenvalue weighted by atomic mass is 16.5. The third-order valence-electron chi connectivity index (χ3n) is 7.28. The first-order valence-corrected chi connectivity index (χ1v) is 16.1. The first-order valence-electron chi connectivity index (χ1n) is 16.1. The number of nitrogen functional groups attached to an aromatic ring is 4. The molecule has 0 fully saturated rings. The Hall–Kier alpha value is -6.28. The van der Waals surface area contributed by atoms with Crippen LogP contribution in [0.15, 0.2) is 146 Å². The zero-order valence-electron chi connectivity index (χ0n) is 27.3. The third-order valence-corrected chi connectivity index (χ3v) is 7.28. The lowest BCUT2D eigenvalue weighted by Gasteiger charge is -2.09. The maximum Gasteiger partial charge on any atom is 0.129 e. The Morgan fingerprint density at radius 1 is 0.347 bits per heavy atom. The van der Waals surface area contributed by atoms with E-state index in [1.54, 1.807) is 12.1 Å². The second-order valence-electron chi connectivity index (χ2n) is 11.3. The average molecular weight is 655 g/mol. The van der Waals surface area contributed by atoms with Gasteiger partial charge in [0.25, 0.3) is 0 Å². The predicted molar refractivity (Wildman–Crippen MR) is 199 cm³/mol. The molecule has 0 atom stereocenters. The number of rotatable bonds is 13. The molecule has 0 aromatic heterocycles. The van der Waals surface area contributed by atoms with Crippen molar-refractivity contribution in [3.63, 3.8) is 0 Å². The molecule has 0 spiro atoms. The van der Waals surface area contributed by atoms with Crippen molar-refractivity contribution in [2.45, 2.75) is 19.3 Å². The SMILES string of the molecule is Nc1cccc(OCCCOc2cccc(N)c2)c1.Nc1cccc(Oc2ccc(CCc3ccc(Oc4cccc(N)c4)cc3)cc2)c1. The number of aryl methyl sites for hydroxylation is 2. The van der Waals surface area contributed by atoms with Crippen LogP contribution in [0.2, 0.25) is 0 Å². The van der Waals surface area contributed by atoms with E-state index in [2.05, 4.69) is 24.3 Å². The summed E-state index contributed by atoms with van der Waals surface area (Å²) >= 11 is 0. The highest BCUT2D eigenvalue weighted by Gasteiger charge is 2.03. The van der Waals surface area contributed by atoms with Crippen LogP contribution in [0.4, 0.5) is 22.7 Å². The van der Waals surface area contributed by atoms with E-state index in [-0.39, 0.29) is 0 Å². The second kappa shape index (κ2) is 17.6. The van der Waals surface area contributed by atoms with Crippen LogP contribution in [0.1, 0.15) is 17.5 Å². The molecule has 6 aromatic rings. The Morgan fingerprint density at radius 2 is 0.673 bits per heavy atom. The summed E-state index contributed by atoms with van der Waals surface area (Å²) in [5.74, 6) is 4.64. The van der Waals surface area contributed by atoms with Crippen molar-refractivity contribution in [2.24, 2.45) is 0 Å². The summed E-state index contributed by atoms with van der Waals surface area (Å²) in [5.41, 5.74) is 28.2. The van der Waals surface area contributed by atoms with Gasteiger partial charge in [-0.2, -0.15) is 0 Å². The molecular weight excluding hydrogens is 612 g/mol. The van der Waals surface area contributed by atoms with E-state index < -0.39 is 0 Å². The van der Waals surface area contributed by atoms with Gasteiger partial charge in [-0.15, -0.1) is 0 Å². The number of hydrogen-bond acceptors (Lipinski definition) is 8. The van der Waals surface area contributed by atoms with Crippen LogP contribution in [0.5, 0.6) is 34.5 Å². The average Bonchev–Trinajstić information content (AvgIpc) is 3.09. The van der Waals surface area contributed by atoms with Gasteiger partial charge in [0.15, 0.2) is 0 Å². The molecule has 0 radical (unpaired) electrons. The molecule has 8 heteroatoms. The molecule has 49 heavy (non-hydrogen) atoms. The Bertz CT molecular complexity index is 1760. The van der Waals surface area contributed by atoms with Gasteiger partial charge in [0.1, 0.15) is 34.5 Å². The first-order chi connectivity index (χ1) is 23.9. The van der Waals surface area contributed by atoms with Crippen LogP contribution in [0.3, 0.4) is 0 Å². The van der Waals surface area contributed by atoms with Crippen molar-refractivity contribution >= 4 is 22.7 Å². The summed E-state index contributed by atoms with van der Waals surface area (Å²) in [6.07, 6.45) is 2.70. The van der Waals surface area contributed by atoms with E-state index in [0.717, 1.165) is 53.8 Å². The lowest BCUT2D eigenvalue weighted by atomic mass is 10.0. The van der Waals surface area contributed by atoms with Crippen LogP contribution < -0.4 is 41.9 Å². The Kier molecular flexibility index (Phi) is 12.2. The van der Waals surface area contributed by atoms with E-state index in [1.807, 2.05) is 109 Å². The molecule has 6 aromatic carbocycles. The molecule has 0 saturated heterocycles. The van der Waals surface area contributed by atoms with Gasteiger partial charge in [0.05, 0.1) is 13.2 Å². The van der Waals surface area contributed by atoms with Crippen LogP contribution in [0, 0.1) is 0 Å². The van der Waals surface area contributed by atoms with Gasteiger partial charge in [-0.1, -0.05) is 48.5 Å². The topological polar surface area (TPSA) is 141 Å². The van der Waals surface area contributed by atoms with Gasteiger partial charge in [-0.25, -0.2) is 0 Å². The standard InChI is InChI=1S/C26H24N2O2.C15H18N2O2/c27-21-3-1-5-25(17-21)29-23-13-9-19(10-14-23)7-8-20-11-15-24(16-12-20)30-26-6-2-4-22(28)18-26;16-12-4-1-6-14(10-12)18-8-3-9-19-15-7-2-5-13(17)11-15/h1-6,9-18H,7-8,27-28H2;1-2,4-7,10-11H,3,8-9,16-17H2. The summed E-state index contributed by atoms with van der Waals surface area (Å²) in [6, 6.07) is 46.0. The maximum atomic E-state index is 5.84. The normalized spacial score (nSPS) is 10.4. The van der Waals surface area contributed by atoms with Gasteiger partial charge in [-0.05, 0) is 96.8 Å². The van der Waals surface area contributed by atoms with Crippen molar-refractivity contribution in [1.82, 2.24) is 0 Å². The van der Waals surface area contributed by atoms with Crippen molar-refractivity contribution in [2.75, 3.05) is 36.1 Å². The molecule has 0 heterocycles. The fourth-order valence-electron chi connectivity index (χ4n) is 4.81. The minimum absolute atomic E-state index is 0.589. The first kappa shape index (κ1) is 34.1. The summed E-state index contributed by atoms with van der Waals surface area (Å²) < 4.78 is 22.8. The minimum atomic E-state index is 0.589. The molecule has 0 aliphatic rings. The van der Waals surface area contributed by atoms with Crippen molar-refractivity contribution in [3.8, 4) is 34.5 Å². The Morgan fingerprint density at radius 3 is 1.02 bits per heavy atom. The van der Waals surface area contributed by atoms with E-state index in [9.17, 15) is 0 Å². The zero-order chi connectivity index (χ0) is 34.3. The quantitative estimate of drug-likeness (QED) is 0.0715. The molecule has 0 saturated carbocycles. The fourth-order valence-corrected chi connectivity index (χ4v) is 4.81. The molecule has 8 nitrogen and oxygen atoms in total. The lowest BCUT2D eigenvalue weighted by Crippen LogP contribution is -2.05. The maximum absolute atomic E-state index is 5.84. The van der Waals surface area contributed by atoms with Crippen molar-refractivity contribution in [1.29, 1.82) is 0 Å². The van der Waals surface area contributed by atoms with Crippen LogP contribution in [-0.4, -0.2) is 13.2 Å². The predicted octanol–water partition coefficient (Wildman–Crippen LogP) is 8.92. The number of anilines is 4. The molecule has 6 rings (SSSR count). The highest BCUT2D eigenvalue weighted by Crippen LogP contribution is 2.25. The number of hydrogen-bond donors (Lipinski definition) is 4. The van der Waals surface area contributed by atoms with Crippen LogP contribution in [-0.2, 0) is 12.8 Å². The third kappa shape index (κ3) is 11.8. The Balaban J connectivity index is 0.000000212. The van der Waals surface area contributed by atoms with Gasteiger partial charge < -0.3 is 41.9 Å². The monoisotopic (exact) mass is 654 g/mol. The molecule has 0 aliphatic heterocycles. The lowest BCUT2D eigenvalue weighted by molar-refractivity contribution is 0.247. The molecule has 0 aliphatic carbocycles. The van der Waals surface area contributed by atoms with E-state index in [1.165, 1.54) is 11.1 Å². The summed E-state index contributed by atoms with van der Waals surface area (Å²) in [7, 11) is 0. The Labute approximate surface area is 287 Å². The highest BCUT2D eigenvalue weighted by molar-refractivity contribution is 5.47. The van der Waals surface area contributed by atoms with E-state index in [4.69, 9.17) is 41.9 Å². The second-order valence-corrected chi connectivity index (χ2v) is 11.3. The summed E-state index contributed by atoms with van der Waals surface area (Å²) in [4.78, 5) is 0. The number of nitrogens with two attached hydrogens (primary N) is 4. The van der Waals surface area contributed by atoms with Crippen molar-refractivity contribution in [3.05, 3.63) is 157 Å². The van der Waals surface area contributed by atoms with Crippen molar-refractivity contribution < 1.29 is 18.9 Å². The molecule has 0 bridgehead atoms. The van der Waals surface area contributed by atoms with E-state index in [0.29, 0.717) is 36.0 Å². The van der Waals surface area contributed by atoms with Gasteiger partial charge in [0, 0.05) is 53.4 Å². The molecule has 250 valence electrons. The largest absolute Gasteiger partial charge is 0.493 e. The fraction of sp³-hybridized carbons (Fsp3) is 0.122. The zero-order valence-corrected chi connectivity index (χ0v) is 27.3. The smallest absolute Gasteiger partial charge is 0.129 e.